The Morgan fingerprint density at radius 1 is 1.17 bits per heavy atom. The second-order valence-corrected chi connectivity index (χ2v) is 7.65. The van der Waals surface area contributed by atoms with Crippen LogP contribution in [-0.2, 0) is 0 Å². The van der Waals surface area contributed by atoms with E-state index in [1.165, 1.54) is 0 Å². The van der Waals surface area contributed by atoms with Crippen LogP contribution in [0.3, 0.4) is 0 Å². The molecule has 6 nitrogen and oxygen atoms in total. The minimum Gasteiger partial charge on any atom is -0.345 e. The summed E-state index contributed by atoms with van der Waals surface area (Å²) in [6, 6.07) is 21.2. The molecule has 7 heteroatoms. The molecule has 2 heterocycles. The van der Waals surface area contributed by atoms with E-state index >= 15 is 0 Å². The fraction of sp³-hybridized carbons (Fsp3) is 0.136. The van der Waals surface area contributed by atoms with E-state index in [4.69, 9.17) is 10.3 Å². The molecule has 2 aromatic carbocycles. The Morgan fingerprint density at radius 3 is 2.66 bits per heavy atom. The average molecular weight is 401 g/mol. The molecule has 1 amide bonds. The number of nitriles is 1. The van der Waals surface area contributed by atoms with Crippen LogP contribution in [0.1, 0.15) is 27.7 Å². The highest BCUT2D eigenvalue weighted by molar-refractivity contribution is 7.13. The predicted molar refractivity (Wildman–Crippen MR) is 116 cm³/mol. The summed E-state index contributed by atoms with van der Waals surface area (Å²) in [6.07, 6.45) is 0. The Balaban J connectivity index is 1.66. The van der Waals surface area contributed by atoms with Crippen LogP contribution in [-0.4, -0.2) is 24.0 Å². The lowest BCUT2D eigenvalue weighted by Crippen LogP contribution is -2.44. The van der Waals surface area contributed by atoms with Gasteiger partial charge in [0.2, 0.25) is 5.79 Å². The van der Waals surface area contributed by atoms with Gasteiger partial charge in [-0.3, -0.25) is 4.79 Å². The molecule has 0 radical (unpaired) electrons. The van der Waals surface area contributed by atoms with Crippen LogP contribution >= 0.6 is 11.3 Å². The van der Waals surface area contributed by atoms with E-state index in [2.05, 4.69) is 16.0 Å². The van der Waals surface area contributed by atoms with Gasteiger partial charge in [-0.15, -0.1) is 11.3 Å². The Labute approximate surface area is 172 Å². The normalized spacial score (nSPS) is 17.3. The Kier molecular flexibility index (Phi) is 5.02. The highest BCUT2D eigenvalue weighted by atomic mass is 32.1. The topological polar surface area (TPSA) is 89.3 Å². The van der Waals surface area contributed by atoms with Crippen LogP contribution in [0.5, 0.6) is 0 Å². The van der Waals surface area contributed by atoms with Gasteiger partial charge in [0.1, 0.15) is 6.54 Å². The highest BCUT2D eigenvalue weighted by Crippen LogP contribution is 2.34. The quantitative estimate of drug-likeness (QED) is 0.563. The molecule has 3 aromatic rings. The molecule has 0 fully saturated rings. The van der Waals surface area contributed by atoms with Crippen molar-refractivity contribution in [2.45, 2.75) is 12.7 Å². The molecule has 0 saturated carbocycles. The molecular formula is C22H19N5OS. The zero-order valence-electron chi connectivity index (χ0n) is 15.8. The summed E-state index contributed by atoms with van der Waals surface area (Å²) in [6.45, 7) is 1.98. The maximum atomic E-state index is 12.0. The molecule has 29 heavy (non-hydrogen) atoms. The minimum absolute atomic E-state index is 0.0129. The fourth-order valence-corrected chi connectivity index (χ4v) is 4.08. The van der Waals surface area contributed by atoms with Crippen LogP contribution in [0.25, 0.3) is 0 Å². The summed E-state index contributed by atoms with van der Waals surface area (Å²) in [5.41, 5.74) is 4.28. The number of benzene rings is 2. The number of thiophene rings is 1. The molecule has 0 saturated heterocycles. The van der Waals surface area contributed by atoms with Crippen molar-refractivity contribution in [1.29, 1.82) is 5.26 Å². The van der Waals surface area contributed by atoms with E-state index in [-0.39, 0.29) is 12.5 Å². The third-order valence-electron chi connectivity index (χ3n) is 4.50. The lowest BCUT2D eigenvalue weighted by Gasteiger charge is -2.34. The van der Waals surface area contributed by atoms with Gasteiger partial charge >= 0.3 is 0 Å². The maximum absolute atomic E-state index is 12.0. The first-order valence-corrected chi connectivity index (χ1v) is 10.0. The van der Waals surface area contributed by atoms with Crippen LogP contribution in [0, 0.1) is 11.3 Å². The molecule has 1 aliphatic rings. The standard InChI is InChI=1S/C22H19N5OS/c1-22(25-17-5-3-2-4-6-17)26-18-11-14-29-20(18)19(27-22)15-7-9-16(10-8-15)21(28)24-13-12-23/h2-11,14,25-26H,13H2,1H3,(H,24,28). The average Bonchev–Trinajstić information content (AvgIpc) is 3.20. The number of hydrogen-bond acceptors (Lipinski definition) is 6. The number of fused-ring (bicyclic) bond motifs is 1. The van der Waals surface area contributed by atoms with Crippen molar-refractivity contribution in [3.63, 3.8) is 0 Å². The van der Waals surface area contributed by atoms with E-state index in [0.717, 1.165) is 27.5 Å². The second kappa shape index (κ2) is 7.78. The molecule has 3 N–H and O–H groups in total. The molecule has 1 atom stereocenters. The number of nitrogens with zero attached hydrogens (tertiary/aromatic N) is 2. The number of amides is 1. The third-order valence-corrected chi connectivity index (χ3v) is 5.42. The fourth-order valence-electron chi connectivity index (χ4n) is 3.21. The first-order chi connectivity index (χ1) is 14.1. The number of anilines is 2. The first kappa shape index (κ1) is 18.7. The van der Waals surface area contributed by atoms with E-state index in [1.807, 2.05) is 66.9 Å². The van der Waals surface area contributed by atoms with Gasteiger partial charge in [-0.05, 0) is 42.6 Å². The van der Waals surface area contributed by atoms with Crippen molar-refractivity contribution in [1.82, 2.24) is 5.32 Å². The molecule has 0 spiro atoms. The van der Waals surface area contributed by atoms with E-state index in [1.54, 1.807) is 23.5 Å². The largest absolute Gasteiger partial charge is 0.345 e. The van der Waals surface area contributed by atoms with Crippen molar-refractivity contribution in [3.8, 4) is 6.07 Å². The van der Waals surface area contributed by atoms with Crippen molar-refractivity contribution in [2.75, 3.05) is 17.2 Å². The number of carbonyl (C=O) groups excluding carboxylic acids is 1. The van der Waals surface area contributed by atoms with Gasteiger partial charge in [-0.1, -0.05) is 30.3 Å². The van der Waals surface area contributed by atoms with Crippen molar-refractivity contribution in [2.24, 2.45) is 4.99 Å². The summed E-state index contributed by atoms with van der Waals surface area (Å²) in [4.78, 5) is 18.1. The second-order valence-electron chi connectivity index (χ2n) is 6.73. The van der Waals surface area contributed by atoms with Gasteiger partial charge in [0.05, 0.1) is 22.3 Å². The molecular weight excluding hydrogens is 382 g/mol. The summed E-state index contributed by atoms with van der Waals surface area (Å²) in [5, 5.41) is 20.1. The van der Waals surface area contributed by atoms with E-state index in [9.17, 15) is 4.79 Å². The van der Waals surface area contributed by atoms with E-state index in [0.29, 0.717) is 5.56 Å². The molecule has 0 bridgehead atoms. The summed E-state index contributed by atoms with van der Waals surface area (Å²) < 4.78 is 0. The zero-order valence-corrected chi connectivity index (χ0v) is 16.6. The molecule has 1 aliphatic heterocycles. The van der Waals surface area contributed by atoms with Gasteiger partial charge in [-0.25, -0.2) is 4.99 Å². The monoisotopic (exact) mass is 401 g/mol. The lowest BCUT2D eigenvalue weighted by molar-refractivity contribution is 0.0958. The lowest BCUT2D eigenvalue weighted by atomic mass is 10.0. The van der Waals surface area contributed by atoms with Crippen molar-refractivity contribution >= 4 is 34.3 Å². The van der Waals surface area contributed by atoms with Gasteiger partial charge < -0.3 is 16.0 Å². The van der Waals surface area contributed by atoms with Crippen molar-refractivity contribution < 1.29 is 4.79 Å². The number of hydrogen-bond donors (Lipinski definition) is 3. The Morgan fingerprint density at radius 2 is 1.93 bits per heavy atom. The maximum Gasteiger partial charge on any atom is 0.252 e. The first-order valence-electron chi connectivity index (χ1n) is 9.13. The summed E-state index contributed by atoms with van der Waals surface area (Å²) >= 11 is 1.62. The number of rotatable bonds is 5. The third kappa shape index (κ3) is 3.98. The van der Waals surface area contributed by atoms with Gasteiger partial charge in [0.15, 0.2) is 0 Å². The molecule has 0 aliphatic carbocycles. The van der Waals surface area contributed by atoms with Crippen LogP contribution in [0.2, 0.25) is 0 Å². The Bertz CT molecular complexity index is 1100. The molecule has 1 aromatic heterocycles. The van der Waals surface area contributed by atoms with Gasteiger partial charge in [0, 0.05) is 16.8 Å². The predicted octanol–water partition coefficient (Wildman–Crippen LogP) is 4.05. The Hall–Kier alpha value is -3.63. The number of carbonyl (C=O) groups is 1. The van der Waals surface area contributed by atoms with Gasteiger partial charge in [-0.2, -0.15) is 5.26 Å². The highest BCUT2D eigenvalue weighted by Gasteiger charge is 2.31. The SMILES string of the molecule is CC1(Nc2ccccc2)N=C(c2ccc(C(=O)NCC#N)cc2)c2sccc2N1. The van der Waals surface area contributed by atoms with Crippen LogP contribution < -0.4 is 16.0 Å². The van der Waals surface area contributed by atoms with E-state index < -0.39 is 5.79 Å². The number of nitrogens with one attached hydrogen (secondary N) is 3. The molecule has 1 unspecified atom stereocenters. The summed E-state index contributed by atoms with van der Waals surface area (Å²) in [7, 11) is 0. The molecule has 4 rings (SSSR count). The number of para-hydroxylation sites is 1. The minimum atomic E-state index is -0.715. The molecule has 144 valence electrons. The summed E-state index contributed by atoms with van der Waals surface area (Å²) in [5.74, 6) is -0.981. The van der Waals surface area contributed by atoms with Gasteiger partial charge in [0.25, 0.3) is 5.91 Å². The number of aliphatic imine (C=N–C) groups is 1. The smallest absolute Gasteiger partial charge is 0.252 e. The van der Waals surface area contributed by atoms with Crippen LogP contribution in [0.15, 0.2) is 71.0 Å². The van der Waals surface area contributed by atoms with Crippen LogP contribution in [0.4, 0.5) is 11.4 Å². The van der Waals surface area contributed by atoms with Crippen molar-refractivity contribution in [3.05, 3.63) is 82.0 Å². The zero-order chi connectivity index (χ0) is 20.3.